The fourth-order valence-electron chi connectivity index (χ4n) is 5.67. The minimum atomic E-state index is -0.817. The molecule has 26 heavy (non-hydrogen) atoms. The zero-order chi connectivity index (χ0) is 18.3. The van der Waals surface area contributed by atoms with Crippen molar-refractivity contribution < 1.29 is 9.23 Å². The van der Waals surface area contributed by atoms with Gasteiger partial charge < -0.3 is 5.32 Å². The van der Waals surface area contributed by atoms with Gasteiger partial charge in [-0.1, -0.05) is 19.8 Å². The van der Waals surface area contributed by atoms with Gasteiger partial charge in [-0.15, -0.1) is 23.4 Å². The summed E-state index contributed by atoms with van der Waals surface area (Å²) in [4.78, 5) is 5.81. The number of hydrogen-bond donors (Lipinski definition) is 2. The van der Waals surface area contributed by atoms with Crippen molar-refractivity contribution in [2.45, 2.75) is 93.9 Å². The van der Waals surface area contributed by atoms with Gasteiger partial charge in [0.15, 0.2) is 0 Å². The highest BCUT2D eigenvalue weighted by Gasteiger charge is 2.51. The number of nitrogens with one attached hydrogen (secondary N) is 2. The molecule has 8 unspecified atom stereocenters. The molecule has 0 radical (unpaired) electrons. The molecule has 3 nitrogen and oxygen atoms in total. The van der Waals surface area contributed by atoms with Gasteiger partial charge in [0.25, 0.3) is 0 Å². The van der Waals surface area contributed by atoms with Crippen LogP contribution in [0.3, 0.4) is 0 Å². The third-order valence-corrected chi connectivity index (χ3v) is 9.24. The molecule has 0 aromatic carbocycles. The van der Waals surface area contributed by atoms with Gasteiger partial charge in [0, 0.05) is 35.0 Å². The Morgan fingerprint density at radius 2 is 1.81 bits per heavy atom. The van der Waals surface area contributed by atoms with Gasteiger partial charge in [-0.25, -0.2) is 4.39 Å². The van der Waals surface area contributed by atoms with Gasteiger partial charge in [0.2, 0.25) is 0 Å². The first-order chi connectivity index (χ1) is 12.5. The van der Waals surface area contributed by atoms with Gasteiger partial charge in [0.05, 0.1) is 11.5 Å². The number of halogens is 2. The predicted molar refractivity (Wildman–Crippen MR) is 107 cm³/mol. The lowest BCUT2D eigenvalue weighted by molar-refractivity contribution is 0.0176. The molecule has 4 aliphatic rings. The van der Waals surface area contributed by atoms with Crippen LogP contribution in [0.5, 0.6) is 0 Å². The van der Waals surface area contributed by atoms with Crippen molar-refractivity contribution >= 4 is 23.4 Å². The van der Waals surface area contributed by atoms with E-state index in [1.807, 2.05) is 11.8 Å². The first-order valence-electron chi connectivity index (χ1n) is 10.6. The molecule has 8 atom stereocenters. The molecule has 2 aliphatic carbocycles. The van der Waals surface area contributed by atoms with E-state index in [4.69, 9.17) is 16.4 Å². The third-order valence-electron chi connectivity index (χ3n) is 7.37. The minimum Gasteiger partial charge on any atom is -0.301 e. The van der Waals surface area contributed by atoms with E-state index in [1.54, 1.807) is 0 Å². The van der Waals surface area contributed by atoms with Crippen molar-refractivity contribution in [3.8, 4) is 0 Å². The van der Waals surface area contributed by atoms with Gasteiger partial charge in [-0.2, -0.15) is 5.48 Å². The van der Waals surface area contributed by atoms with Gasteiger partial charge in [-0.3, -0.25) is 4.84 Å². The van der Waals surface area contributed by atoms with Crippen LogP contribution in [0, 0.1) is 23.7 Å². The Morgan fingerprint density at radius 1 is 1.04 bits per heavy atom. The van der Waals surface area contributed by atoms with Crippen LogP contribution in [-0.4, -0.2) is 40.9 Å². The van der Waals surface area contributed by atoms with Crippen molar-refractivity contribution in [2.24, 2.45) is 23.7 Å². The van der Waals surface area contributed by atoms with Crippen LogP contribution >= 0.6 is 23.4 Å². The van der Waals surface area contributed by atoms with Gasteiger partial charge >= 0.3 is 0 Å². The lowest BCUT2D eigenvalue weighted by Crippen LogP contribution is -2.52. The van der Waals surface area contributed by atoms with Crippen LogP contribution in [0.15, 0.2) is 0 Å². The molecule has 0 amide bonds. The number of alkyl halides is 2. The van der Waals surface area contributed by atoms with Crippen molar-refractivity contribution in [1.29, 1.82) is 0 Å². The Kier molecular flexibility index (Phi) is 6.41. The van der Waals surface area contributed by atoms with E-state index >= 15 is 0 Å². The molecule has 0 aromatic heterocycles. The molecule has 2 heterocycles. The van der Waals surface area contributed by atoms with E-state index in [0.717, 1.165) is 24.7 Å². The molecule has 2 aliphatic heterocycles. The van der Waals surface area contributed by atoms with E-state index < -0.39 is 6.17 Å². The normalized spacial score (nSPS) is 53.1. The molecule has 4 fully saturated rings. The van der Waals surface area contributed by atoms with E-state index in [2.05, 4.69) is 24.6 Å². The average molecular weight is 405 g/mol. The Labute approximate surface area is 166 Å². The molecule has 2 saturated carbocycles. The average Bonchev–Trinajstić information content (AvgIpc) is 3.22. The maximum atomic E-state index is 14.7. The highest BCUT2D eigenvalue weighted by molar-refractivity contribution is 8.00. The molecular weight excluding hydrogens is 371 g/mol. The van der Waals surface area contributed by atoms with E-state index in [0.29, 0.717) is 17.8 Å². The summed E-state index contributed by atoms with van der Waals surface area (Å²) in [5.41, 5.74) is 3.19. The summed E-state index contributed by atoms with van der Waals surface area (Å²) in [6, 6.07) is 0.614. The molecular formula is C20H34ClFN2OS. The molecule has 150 valence electrons. The van der Waals surface area contributed by atoms with Crippen LogP contribution in [0.1, 0.15) is 58.8 Å². The number of thioether (sulfide) groups is 1. The fourth-order valence-corrected chi connectivity index (χ4v) is 7.81. The largest absolute Gasteiger partial charge is 0.301 e. The van der Waals surface area contributed by atoms with Crippen LogP contribution < -0.4 is 10.8 Å². The first kappa shape index (κ1) is 19.8. The maximum absolute atomic E-state index is 14.7. The number of hydrogen-bond acceptors (Lipinski definition) is 4. The molecule has 6 heteroatoms. The molecule has 2 N–H and O–H groups in total. The quantitative estimate of drug-likeness (QED) is 0.678. The van der Waals surface area contributed by atoms with Crippen molar-refractivity contribution in [3.05, 3.63) is 0 Å². The summed E-state index contributed by atoms with van der Waals surface area (Å²) in [6.07, 6.45) is 7.16. The SMILES string of the molecule is CC1CCC(C2CSC(C3C(C)ONC3C3C(F)CCCC3Cl)N2)CC1. The Hall–Kier alpha value is 0.450. The Bertz CT molecular complexity index is 469. The second-order valence-electron chi connectivity index (χ2n) is 9.13. The Morgan fingerprint density at radius 3 is 2.54 bits per heavy atom. The summed E-state index contributed by atoms with van der Waals surface area (Å²) in [7, 11) is 0. The molecule has 0 aromatic rings. The minimum absolute atomic E-state index is 0.0120. The van der Waals surface area contributed by atoms with Crippen molar-refractivity contribution in [3.63, 3.8) is 0 Å². The molecule has 2 saturated heterocycles. The topological polar surface area (TPSA) is 33.3 Å². The summed E-state index contributed by atoms with van der Waals surface area (Å²) in [6.45, 7) is 4.50. The van der Waals surface area contributed by atoms with Crippen LogP contribution in [0.4, 0.5) is 4.39 Å². The van der Waals surface area contributed by atoms with Gasteiger partial charge in [0.1, 0.15) is 6.17 Å². The maximum Gasteiger partial charge on any atom is 0.106 e. The smallest absolute Gasteiger partial charge is 0.106 e. The van der Waals surface area contributed by atoms with Gasteiger partial charge in [-0.05, 0) is 50.9 Å². The summed E-state index contributed by atoms with van der Waals surface area (Å²) in [5.74, 6) is 3.00. The highest BCUT2D eigenvalue weighted by atomic mass is 35.5. The molecule has 4 rings (SSSR count). The summed E-state index contributed by atoms with van der Waals surface area (Å²) >= 11 is 8.60. The van der Waals surface area contributed by atoms with E-state index in [9.17, 15) is 4.39 Å². The highest BCUT2D eigenvalue weighted by Crippen LogP contribution is 2.44. The summed E-state index contributed by atoms with van der Waals surface area (Å²) in [5, 5.41) is 4.18. The van der Waals surface area contributed by atoms with Crippen molar-refractivity contribution in [1.82, 2.24) is 10.8 Å². The first-order valence-corrected chi connectivity index (χ1v) is 12.1. The summed E-state index contributed by atoms with van der Waals surface area (Å²) < 4.78 is 14.7. The van der Waals surface area contributed by atoms with Crippen molar-refractivity contribution in [2.75, 3.05) is 5.75 Å². The fraction of sp³-hybridized carbons (Fsp3) is 1.00. The van der Waals surface area contributed by atoms with E-state index in [1.165, 1.54) is 31.4 Å². The third kappa shape index (κ3) is 3.94. The lowest BCUT2D eigenvalue weighted by atomic mass is 9.76. The zero-order valence-corrected chi connectivity index (χ0v) is 17.6. The zero-order valence-electron chi connectivity index (χ0n) is 16.0. The van der Waals surface area contributed by atoms with Crippen LogP contribution in [0.2, 0.25) is 0 Å². The lowest BCUT2D eigenvalue weighted by Gasteiger charge is -2.38. The monoisotopic (exact) mass is 404 g/mol. The van der Waals surface area contributed by atoms with E-state index in [-0.39, 0.29) is 29.4 Å². The Balaban J connectivity index is 1.42. The standard InChI is InChI=1S/C20H34ClFN2OS/c1-11-6-8-13(9-7-11)16-10-26-20(23-16)17-12(2)25-24-19(17)18-14(21)4-3-5-15(18)22/h11-20,23-24H,3-10H2,1-2H3. The van der Waals surface area contributed by atoms with Crippen LogP contribution in [0.25, 0.3) is 0 Å². The number of rotatable bonds is 3. The second kappa shape index (κ2) is 8.44. The number of hydroxylamine groups is 1. The molecule has 0 bridgehead atoms. The predicted octanol–water partition coefficient (Wildman–Crippen LogP) is 4.50. The van der Waals surface area contributed by atoms with Crippen LogP contribution in [-0.2, 0) is 4.84 Å². The second-order valence-corrected chi connectivity index (χ2v) is 10.9. The molecule has 0 spiro atoms.